The lowest BCUT2D eigenvalue weighted by Crippen LogP contribution is -2.45. The van der Waals surface area contributed by atoms with Crippen LogP contribution in [0.15, 0.2) is 36.4 Å². The van der Waals surface area contributed by atoms with E-state index in [4.69, 9.17) is 0 Å². The van der Waals surface area contributed by atoms with Gasteiger partial charge in [-0.25, -0.2) is 27.5 Å². The molecule has 4 rings (SSSR count). The highest BCUT2D eigenvalue weighted by atomic mass is 32.2. The maximum atomic E-state index is 14.1. The third kappa shape index (κ3) is 4.11. The Bertz CT molecular complexity index is 1160. The topological polar surface area (TPSA) is 87.7 Å². The van der Waals surface area contributed by atoms with Gasteiger partial charge in [0.25, 0.3) is 0 Å². The zero-order valence-corrected chi connectivity index (χ0v) is 18.3. The number of aromatic amines is 1. The van der Waals surface area contributed by atoms with Gasteiger partial charge in [0.15, 0.2) is 5.65 Å². The molecular weight excluding hydrogens is 403 g/mol. The molecule has 1 aliphatic rings. The molecule has 0 bridgehead atoms. The molecule has 0 aliphatic heterocycles. The summed E-state index contributed by atoms with van der Waals surface area (Å²) in [5, 5.41) is 0. The van der Waals surface area contributed by atoms with Crippen LogP contribution in [0.2, 0.25) is 0 Å². The van der Waals surface area contributed by atoms with Crippen LogP contribution in [0.25, 0.3) is 22.4 Å². The molecule has 2 aromatic heterocycles. The van der Waals surface area contributed by atoms with Crippen molar-refractivity contribution in [1.82, 2.24) is 19.7 Å². The number of H-pyrrole nitrogens is 1. The van der Waals surface area contributed by atoms with E-state index in [1.807, 2.05) is 6.07 Å². The van der Waals surface area contributed by atoms with Gasteiger partial charge in [-0.15, -0.1) is 0 Å². The van der Waals surface area contributed by atoms with Gasteiger partial charge in [-0.05, 0) is 70.7 Å². The summed E-state index contributed by atoms with van der Waals surface area (Å²) < 4.78 is 40.9. The van der Waals surface area contributed by atoms with Crippen LogP contribution in [0, 0.1) is 5.82 Å². The monoisotopic (exact) mass is 430 g/mol. The number of nitrogens with zero attached hydrogens (tertiary/aromatic N) is 2. The minimum absolute atomic E-state index is 0.0411. The number of rotatable bonds is 4. The van der Waals surface area contributed by atoms with Crippen molar-refractivity contribution in [3.63, 3.8) is 0 Å². The van der Waals surface area contributed by atoms with E-state index in [0.29, 0.717) is 16.9 Å². The summed E-state index contributed by atoms with van der Waals surface area (Å²) in [6.07, 6.45) is 3.23. The van der Waals surface area contributed by atoms with Crippen LogP contribution >= 0.6 is 0 Å². The normalized spacial score (nSPS) is 20.5. The summed E-state index contributed by atoms with van der Waals surface area (Å²) in [4.78, 5) is 12.5. The van der Waals surface area contributed by atoms with Crippen molar-refractivity contribution >= 4 is 21.2 Å². The molecule has 0 atom stereocenters. The van der Waals surface area contributed by atoms with Crippen molar-refractivity contribution in [3.05, 3.63) is 48.0 Å². The first-order valence-corrected chi connectivity index (χ1v) is 11.8. The predicted molar refractivity (Wildman–Crippen MR) is 116 cm³/mol. The number of hydrogen-bond donors (Lipinski definition) is 2. The Hall–Kier alpha value is -2.32. The average Bonchev–Trinajstić information content (AvgIpc) is 3.11. The van der Waals surface area contributed by atoms with Gasteiger partial charge in [0.05, 0.1) is 16.0 Å². The van der Waals surface area contributed by atoms with E-state index in [-0.39, 0.29) is 17.8 Å². The molecule has 0 spiro atoms. The van der Waals surface area contributed by atoms with Gasteiger partial charge in [0.1, 0.15) is 11.6 Å². The quantitative estimate of drug-likeness (QED) is 0.638. The fourth-order valence-electron chi connectivity index (χ4n) is 3.80. The number of hydrogen-bond acceptors (Lipinski definition) is 4. The van der Waals surface area contributed by atoms with Crippen LogP contribution in [0.5, 0.6) is 0 Å². The van der Waals surface area contributed by atoms with Crippen LogP contribution in [-0.4, -0.2) is 34.2 Å². The molecule has 8 heteroatoms. The minimum Gasteiger partial charge on any atom is -0.340 e. The van der Waals surface area contributed by atoms with Gasteiger partial charge in [0, 0.05) is 17.5 Å². The van der Waals surface area contributed by atoms with Crippen LogP contribution < -0.4 is 4.72 Å². The molecule has 1 fully saturated rings. The van der Waals surface area contributed by atoms with Crippen LogP contribution in [-0.2, 0) is 10.0 Å². The maximum Gasteiger partial charge on any atom is 0.216 e. The summed E-state index contributed by atoms with van der Waals surface area (Å²) in [5.74, 6) is 0.781. The van der Waals surface area contributed by atoms with Crippen LogP contribution in [0.4, 0.5) is 4.39 Å². The van der Waals surface area contributed by atoms with Crippen molar-refractivity contribution in [1.29, 1.82) is 0 Å². The summed E-state index contributed by atoms with van der Waals surface area (Å²) in [6.45, 7) is 5.12. The van der Waals surface area contributed by atoms with E-state index in [9.17, 15) is 12.8 Å². The molecule has 0 radical (unpaired) electrons. The molecule has 0 amide bonds. The predicted octanol–water partition coefficient (Wildman–Crippen LogP) is 4.51. The van der Waals surface area contributed by atoms with Gasteiger partial charge in [-0.2, -0.15) is 0 Å². The molecule has 6 nitrogen and oxygen atoms in total. The highest BCUT2D eigenvalue weighted by molar-refractivity contribution is 7.90. The molecule has 1 aromatic carbocycles. The number of fused-ring (bicyclic) bond motifs is 1. The summed E-state index contributed by atoms with van der Waals surface area (Å²) in [7, 11) is -3.35. The molecule has 2 N–H and O–H groups in total. The molecule has 1 aliphatic carbocycles. The van der Waals surface area contributed by atoms with Crippen molar-refractivity contribution in [2.45, 2.75) is 63.2 Å². The second-order valence-corrected chi connectivity index (χ2v) is 11.4. The van der Waals surface area contributed by atoms with Gasteiger partial charge in [0.2, 0.25) is 10.0 Å². The number of benzene rings is 1. The van der Waals surface area contributed by atoms with Crippen molar-refractivity contribution in [2.75, 3.05) is 0 Å². The van der Waals surface area contributed by atoms with E-state index >= 15 is 0 Å². The lowest BCUT2D eigenvalue weighted by Gasteiger charge is -2.30. The van der Waals surface area contributed by atoms with Gasteiger partial charge in [-0.1, -0.05) is 12.1 Å². The number of halogens is 1. The van der Waals surface area contributed by atoms with Crippen molar-refractivity contribution < 1.29 is 12.8 Å². The van der Waals surface area contributed by atoms with Crippen LogP contribution in [0.3, 0.4) is 0 Å². The first-order chi connectivity index (χ1) is 14.1. The highest BCUT2D eigenvalue weighted by Crippen LogP contribution is 2.33. The fraction of sp³-hybridized carbons (Fsp3) is 0.455. The molecule has 0 saturated heterocycles. The third-order valence-corrected chi connectivity index (χ3v) is 8.01. The molecule has 0 unspecified atom stereocenters. The average molecular weight is 431 g/mol. The first-order valence-electron chi connectivity index (χ1n) is 10.3. The maximum absolute atomic E-state index is 14.1. The Labute approximate surface area is 176 Å². The van der Waals surface area contributed by atoms with E-state index < -0.39 is 14.8 Å². The zero-order valence-electron chi connectivity index (χ0n) is 17.4. The van der Waals surface area contributed by atoms with Crippen molar-refractivity contribution in [2.24, 2.45) is 0 Å². The zero-order chi connectivity index (χ0) is 21.5. The summed E-state index contributed by atoms with van der Waals surface area (Å²) in [5.41, 5.74) is 2.40. The third-order valence-electron chi connectivity index (χ3n) is 5.76. The Balaban J connectivity index is 1.48. The second-order valence-electron chi connectivity index (χ2n) is 8.95. The summed E-state index contributed by atoms with van der Waals surface area (Å²) >= 11 is 0. The Morgan fingerprint density at radius 3 is 2.40 bits per heavy atom. The highest BCUT2D eigenvalue weighted by Gasteiger charge is 2.33. The Morgan fingerprint density at radius 2 is 1.73 bits per heavy atom. The number of sulfonamides is 1. The first kappa shape index (κ1) is 20.9. The lowest BCUT2D eigenvalue weighted by atomic mass is 9.86. The number of aromatic nitrogens is 3. The minimum atomic E-state index is -3.35. The largest absolute Gasteiger partial charge is 0.340 e. The van der Waals surface area contributed by atoms with E-state index in [1.54, 1.807) is 45.0 Å². The Kier molecular flexibility index (Phi) is 5.40. The van der Waals surface area contributed by atoms with E-state index in [1.165, 1.54) is 6.07 Å². The molecular formula is C22H27FN4O2S. The molecule has 2 heterocycles. The SMILES string of the molecule is CC(C)(C)S(=O)(=O)NC1CCC(c2nc3nc(-c4ccccc4F)ccc3[nH]2)CC1. The molecule has 30 heavy (non-hydrogen) atoms. The number of imidazole rings is 1. The number of pyridine rings is 1. The van der Waals surface area contributed by atoms with Gasteiger partial charge < -0.3 is 4.98 Å². The smallest absolute Gasteiger partial charge is 0.216 e. The second kappa shape index (κ2) is 7.74. The molecule has 3 aromatic rings. The van der Waals surface area contributed by atoms with E-state index in [2.05, 4.69) is 19.7 Å². The number of nitrogens with one attached hydrogen (secondary N) is 2. The van der Waals surface area contributed by atoms with Gasteiger partial charge >= 0.3 is 0 Å². The summed E-state index contributed by atoms with van der Waals surface area (Å²) in [6, 6.07) is 10.2. The standard InChI is InChI=1S/C22H27FN4O2S/c1-22(2,3)30(28,29)27-15-10-8-14(9-11-15)20-25-19-13-12-18(24-21(19)26-20)16-6-4-5-7-17(16)23/h4-7,12-15,27H,8-11H2,1-3H3,(H,24,25,26). The van der Waals surface area contributed by atoms with Gasteiger partial charge in [-0.3, -0.25) is 0 Å². The molecule has 160 valence electrons. The lowest BCUT2D eigenvalue weighted by molar-refractivity contribution is 0.364. The van der Waals surface area contributed by atoms with E-state index in [0.717, 1.165) is 37.0 Å². The Morgan fingerprint density at radius 1 is 1.03 bits per heavy atom. The molecule has 1 saturated carbocycles. The van der Waals surface area contributed by atoms with Crippen molar-refractivity contribution in [3.8, 4) is 11.3 Å². The van der Waals surface area contributed by atoms with Crippen LogP contribution in [0.1, 0.15) is 58.2 Å². The fourth-order valence-corrected chi connectivity index (χ4v) is 4.83.